The van der Waals surface area contributed by atoms with Crippen molar-refractivity contribution in [2.45, 2.75) is 31.7 Å². The van der Waals surface area contributed by atoms with Crippen LogP contribution in [0.4, 0.5) is 0 Å². The number of fused-ring (bicyclic) bond motifs is 1. The Bertz CT molecular complexity index is 861. The van der Waals surface area contributed by atoms with Crippen molar-refractivity contribution in [1.29, 1.82) is 0 Å². The van der Waals surface area contributed by atoms with E-state index in [1.54, 1.807) is 18.3 Å². The molecule has 1 aliphatic heterocycles. The molecule has 0 unspecified atom stereocenters. The third kappa shape index (κ3) is 4.23. The number of nitrogens with zero attached hydrogens (tertiary/aromatic N) is 2. The van der Waals surface area contributed by atoms with E-state index in [-0.39, 0.29) is 10.9 Å². The van der Waals surface area contributed by atoms with Gasteiger partial charge in [0.15, 0.2) is 0 Å². The van der Waals surface area contributed by atoms with Crippen molar-refractivity contribution in [2.75, 3.05) is 32.8 Å². The summed E-state index contributed by atoms with van der Waals surface area (Å²) in [7, 11) is -3.64. The number of benzene rings is 1. The third-order valence-corrected chi connectivity index (χ3v) is 6.32. The monoisotopic (exact) mass is 377 g/mol. The first-order valence-electron chi connectivity index (χ1n) is 9.05. The number of morpholine rings is 1. The molecule has 0 amide bonds. The van der Waals surface area contributed by atoms with Crippen molar-refractivity contribution in [3.63, 3.8) is 0 Å². The van der Waals surface area contributed by atoms with Crippen molar-refractivity contribution < 1.29 is 13.2 Å². The Hall–Kier alpha value is -1.54. The Morgan fingerprint density at radius 1 is 1.27 bits per heavy atom. The Kier molecular flexibility index (Phi) is 5.92. The summed E-state index contributed by atoms with van der Waals surface area (Å²) in [5.74, 6) is 0.337. The van der Waals surface area contributed by atoms with E-state index in [0.717, 1.165) is 24.0 Å². The van der Waals surface area contributed by atoms with Crippen molar-refractivity contribution in [3.8, 4) is 0 Å². The third-order valence-electron chi connectivity index (χ3n) is 4.87. The van der Waals surface area contributed by atoms with Gasteiger partial charge < -0.3 is 4.74 Å². The first-order chi connectivity index (χ1) is 12.4. The van der Waals surface area contributed by atoms with E-state index in [9.17, 15) is 8.42 Å². The van der Waals surface area contributed by atoms with Crippen LogP contribution in [0.5, 0.6) is 0 Å². The molecule has 7 heteroatoms. The molecule has 1 aromatic heterocycles. The molecule has 2 aromatic rings. The number of nitrogens with one attached hydrogen (secondary N) is 1. The summed E-state index contributed by atoms with van der Waals surface area (Å²) in [5.41, 5.74) is 1.52. The average molecular weight is 378 g/mol. The lowest BCUT2D eigenvalue weighted by Gasteiger charge is -2.36. The molecule has 26 heavy (non-hydrogen) atoms. The molecular weight excluding hydrogens is 350 g/mol. The number of aromatic nitrogens is 1. The summed E-state index contributed by atoms with van der Waals surface area (Å²) in [6.07, 6.45) is 1.70. The molecule has 0 radical (unpaired) electrons. The number of hydrogen-bond acceptors (Lipinski definition) is 5. The number of aryl methyl sites for hydroxylation is 1. The second-order valence-corrected chi connectivity index (χ2v) is 8.89. The minimum absolute atomic E-state index is 0.138. The van der Waals surface area contributed by atoms with E-state index in [4.69, 9.17) is 4.74 Å². The number of hydrogen-bond donors (Lipinski definition) is 1. The van der Waals surface area contributed by atoms with Gasteiger partial charge in [-0.25, -0.2) is 13.1 Å². The molecule has 0 saturated carbocycles. The predicted octanol–water partition coefficient (Wildman–Crippen LogP) is 2.18. The van der Waals surface area contributed by atoms with Gasteiger partial charge in [0.05, 0.1) is 18.7 Å². The molecule has 1 saturated heterocycles. The van der Waals surface area contributed by atoms with Crippen LogP contribution in [-0.4, -0.2) is 57.2 Å². The average Bonchev–Trinajstić information content (AvgIpc) is 2.61. The van der Waals surface area contributed by atoms with E-state index < -0.39 is 10.0 Å². The standard InChI is InChI=1S/C19H27N3O3S/c1-14(2)17(22-7-9-25-10-8-22)13-21-26(23,24)18-6-4-5-16-11-15(3)12-20-19(16)18/h4-6,11-12,14,17,21H,7-10,13H2,1-3H3/t17-/m1/s1. The summed E-state index contributed by atoms with van der Waals surface area (Å²) in [5, 5.41) is 0.835. The van der Waals surface area contributed by atoms with Gasteiger partial charge in [0.2, 0.25) is 10.0 Å². The zero-order valence-corrected chi connectivity index (χ0v) is 16.4. The second kappa shape index (κ2) is 8.00. The molecule has 1 fully saturated rings. The minimum Gasteiger partial charge on any atom is -0.379 e. The van der Waals surface area contributed by atoms with Crippen LogP contribution < -0.4 is 4.72 Å². The van der Waals surface area contributed by atoms with Crippen LogP contribution in [0.1, 0.15) is 19.4 Å². The maximum atomic E-state index is 12.9. The summed E-state index contributed by atoms with van der Waals surface area (Å²) >= 11 is 0. The fourth-order valence-electron chi connectivity index (χ4n) is 3.43. The smallest absolute Gasteiger partial charge is 0.242 e. The van der Waals surface area contributed by atoms with Crippen molar-refractivity contribution >= 4 is 20.9 Å². The summed E-state index contributed by atoms with van der Waals surface area (Å²) in [4.78, 5) is 6.90. The van der Waals surface area contributed by atoms with Gasteiger partial charge in [-0.1, -0.05) is 26.0 Å². The highest BCUT2D eigenvalue weighted by molar-refractivity contribution is 7.89. The highest BCUT2D eigenvalue weighted by atomic mass is 32.2. The lowest BCUT2D eigenvalue weighted by atomic mass is 10.0. The fraction of sp³-hybridized carbons (Fsp3) is 0.526. The van der Waals surface area contributed by atoms with Crippen LogP contribution >= 0.6 is 0 Å². The van der Waals surface area contributed by atoms with E-state index >= 15 is 0 Å². The molecule has 1 aliphatic rings. The van der Waals surface area contributed by atoms with Crippen LogP contribution in [0.25, 0.3) is 10.9 Å². The Labute approximate surface area is 155 Å². The van der Waals surface area contributed by atoms with E-state index in [2.05, 4.69) is 28.5 Å². The maximum absolute atomic E-state index is 12.9. The minimum atomic E-state index is -3.64. The number of rotatable bonds is 6. The number of ether oxygens (including phenoxy) is 1. The Morgan fingerprint density at radius 2 is 2.00 bits per heavy atom. The topological polar surface area (TPSA) is 71.5 Å². The normalized spacial score (nSPS) is 17.7. The molecular formula is C19H27N3O3S. The quantitative estimate of drug-likeness (QED) is 0.835. The molecule has 0 bridgehead atoms. The van der Waals surface area contributed by atoms with Crippen LogP contribution in [0, 0.1) is 12.8 Å². The summed E-state index contributed by atoms with van der Waals surface area (Å²) in [6, 6.07) is 7.36. The Balaban J connectivity index is 1.82. The first kappa shape index (κ1) is 19.2. The zero-order valence-electron chi connectivity index (χ0n) is 15.6. The van der Waals surface area contributed by atoms with E-state index in [1.165, 1.54) is 0 Å². The van der Waals surface area contributed by atoms with Gasteiger partial charge in [0.25, 0.3) is 0 Å². The highest BCUT2D eigenvalue weighted by Crippen LogP contribution is 2.22. The van der Waals surface area contributed by atoms with Crippen molar-refractivity contribution in [2.24, 2.45) is 5.92 Å². The largest absolute Gasteiger partial charge is 0.379 e. The first-order valence-corrected chi connectivity index (χ1v) is 10.5. The molecule has 6 nitrogen and oxygen atoms in total. The van der Waals surface area contributed by atoms with E-state index in [0.29, 0.717) is 31.2 Å². The Morgan fingerprint density at radius 3 is 2.69 bits per heavy atom. The van der Waals surface area contributed by atoms with Crippen molar-refractivity contribution in [1.82, 2.24) is 14.6 Å². The fourth-order valence-corrected chi connectivity index (χ4v) is 4.66. The number of para-hydroxylation sites is 1. The van der Waals surface area contributed by atoms with Crippen LogP contribution in [-0.2, 0) is 14.8 Å². The van der Waals surface area contributed by atoms with Gasteiger partial charge >= 0.3 is 0 Å². The van der Waals surface area contributed by atoms with Gasteiger partial charge in [0.1, 0.15) is 4.90 Å². The maximum Gasteiger partial charge on any atom is 0.242 e. The van der Waals surface area contributed by atoms with Crippen LogP contribution in [0.3, 0.4) is 0 Å². The SMILES string of the molecule is Cc1cnc2c(S(=O)(=O)NC[C@H](C(C)C)N3CCOCC3)cccc2c1. The highest BCUT2D eigenvalue weighted by Gasteiger charge is 2.26. The van der Waals surface area contributed by atoms with Gasteiger partial charge in [-0.2, -0.15) is 0 Å². The predicted molar refractivity (Wildman–Crippen MR) is 103 cm³/mol. The molecule has 1 N–H and O–H groups in total. The molecule has 142 valence electrons. The van der Waals surface area contributed by atoms with Gasteiger partial charge in [-0.05, 0) is 30.5 Å². The van der Waals surface area contributed by atoms with Crippen LogP contribution in [0.15, 0.2) is 35.4 Å². The molecule has 1 atom stereocenters. The van der Waals surface area contributed by atoms with Gasteiger partial charge in [0, 0.05) is 37.3 Å². The number of pyridine rings is 1. The molecule has 0 aliphatic carbocycles. The van der Waals surface area contributed by atoms with Gasteiger partial charge in [-0.3, -0.25) is 9.88 Å². The lowest BCUT2D eigenvalue weighted by molar-refractivity contribution is 0.00776. The molecule has 2 heterocycles. The summed E-state index contributed by atoms with van der Waals surface area (Å²) in [6.45, 7) is 9.63. The zero-order chi connectivity index (χ0) is 18.7. The number of sulfonamides is 1. The summed E-state index contributed by atoms with van der Waals surface area (Å²) < 4.78 is 34.1. The van der Waals surface area contributed by atoms with Crippen LogP contribution in [0.2, 0.25) is 0 Å². The lowest BCUT2D eigenvalue weighted by Crippen LogP contribution is -2.51. The van der Waals surface area contributed by atoms with Crippen molar-refractivity contribution in [3.05, 3.63) is 36.0 Å². The molecule has 1 aromatic carbocycles. The molecule has 0 spiro atoms. The van der Waals surface area contributed by atoms with E-state index in [1.807, 2.05) is 19.1 Å². The van der Waals surface area contributed by atoms with Gasteiger partial charge in [-0.15, -0.1) is 0 Å². The molecule has 3 rings (SSSR count). The second-order valence-electron chi connectivity index (χ2n) is 7.15.